The zero-order valence-corrected chi connectivity index (χ0v) is 16.6. The van der Waals surface area contributed by atoms with Crippen LogP contribution in [0.15, 0.2) is 41.5 Å². The van der Waals surface area contributed by atoms with Crippen LogP contribution in [-0.2, 0) is 25.5 Å². The van der Waals surface area contributed by atoms with Crippen LogP contribution in [0, 0.1) is 0 Å². The monoisotopic (exact) mass is 427 g/mol. The second-order valence-corrected chi connectivity index (χ2v) is 7.14. The van der Waals surface area contributed by atoms with Gasteiger partial charge in [-0.15, -0.1) is 0 Å². The van der Waals surface area contributed by atoms with Gasteiger partial charge in [-0.1, -0.05) is 30.3 Å². The molecule has 0 spiro atoms. The maximum Gasteiger partial charge on any atom is 0.302 e. The highest BCUT2D eigenvalue weighted by Crippen LogP contribution is 2.32. The van der Waals surface area contributed by atoms with Crippen LogP contribution >= 0.6 is 0 Å². The van der Waals surface area contributed by atoms with Gasteiger partial charge in [0.2, 0.25) is 11.9 Å². The number of rotatable bonds is 6. The largest absolute Gasteiger partial charge is 0.460 e. The quantitative estimate of drug-likeness (QED) is 0.482. The van der Waals surface area contributed by atoms with Crippen LogP contribution in [0.3, 0.4) is 0 Å². The number of aromatic nitrogens is 4. The van der Waals surface area contributed by atoms with Crippen LogP contribution < -0.4 is 10.9 Å². The second-order valence-electron chi connectivity index (χ2n) is 7.14. The third-order valence-electron chi connectivity index (χ3n) is 4.89. The number of imidazole rings is 1. The fourth-order valence-electron chi connectivity index (χ4n) is 3.53. The van der Waals surface area contributed by atoms with Crippen molar-refractivity contribution in [3.63, 3.8) is 0 Å². The predicted octanol–water partition coefficient (Wildman–Crippen LogP) is 0.512. The highest BCUT2D eigenvalue weighted by molar-refractivity contribution is 5.91. The Bertz CT molecular complexity index is 1160. The van der Waals surface area contributed by atoms with Crippen molar-refractivity contribution in [3.8, 4) is 0 Å². The normalized spacial score (nSPS) is 20.6. The molecule has 3 atom stereocenters. The SMILES string of the molecule is CC(=O)O[C@H]1C[C@H](n2cnc3c(=O)[nH]c(NC(=O)Cc4ccccc4)nc32)O[C@@H]1CO. The Morgan fingerprint density at radius 1 is 1.35 bits per heavy atom. The number of H-pyrrole nitrogens is 1. The van der Waals surface area contributed by atoms with Gasteiger partial charge in [-0.25, -0.2) is 4.98 Å². The average molecular weight is 427 g/mol. The van der Waals surface area contributed by atoms with Gasteiger partial charge < -0.3 is 14.6 Å². The number of benzene rings is 1. The molecule has 0 bridgehead atoms. The van der Waals surface area contributed by atoms with Gasteiger partial charge in [0, 0.05) is 13.3 Å². The van der Waals surface area contributed by atoms with E-state index in [2.05, 4.69) is 20.3 Å². The lowest BCUT2D eigenvalue weighted by Gasteiger charge is -2.15. The van der Waals surface area contributed by atoms with Gasteiger partial charge in [-0.3, -0.25) is 29.3 Å². The molecule has 1 aliphatic rings. The molecule has 11 heteroatoms. The smallest absolute Gasteiger partial charge is 0.302 e. The molecule has 1 fully saturated rings. The number of nitrogens with zero attached hydrogens (tertiary/aromatic N) is 3. The number of esters is 1. The number of anilines is 1. The molecule has 0 aliphatic carbocycles. The van der Waals surface area contributed by atoms with Gasteiger partial charge in [-0.2, -0.15) is 4.98 Å². The van der Waals surface area contributed by atoms with Crippen molar-refractivity contribution in [2.45, 2.75) is 38.2 Å². The van der Waals surface area contributed by atoms with Gasteiger partial charge in [0.15, 0.2) is 11.2 Å². The summed E-state index contributed by atoms with van der Waals surface area (Å²) in [4.78, 5) is 47.0. The van der Waals surface area contributed by atoms with E-state index in [-0.39, 0.29) is 42.5 Å². The number of ether oxygens (including phenoxy) is 2. The molecule has 31 heavy (non-hydrogen) atoms. The van der Waals surface area contributed by atoms with Crippen LogP contribution in [0.2, 0.25) is 0 Å². The third-order valence-corrected chi connectivity index (χ3v) is 4.89. The number of fused-ring (bicyclic) bond motifs is 1. The summed E-state index contributed by atoms with van der Waals surface area (Å²) in [6.45, 7) is 0.940. The lowest BCUT2D eigenvalue weighted by Crippen LogP contribution is -2.29. The molecule has 11 nitrogen and oxygen atoms in total. The molecule has 0 saturated carbocycles. The highest BCUT2D eigenvalue weighted by atomic mass is 16.6. The Kier molecular flexibility index (Phi) is 5.78. The molecule has 0 radical (unpaired) electrons. The van der Waals surface area contributed by atoms with Gasteiger partial charge >= 0.3 is 5.97 Å². The van der Waals surface area contributed by atoms with Crippen molar-refractivity contribution in [2.24, 2.45) is 0 Å². The summed E-state index contributed by atoms with van der Waals surface area (Å²) in [5.41, 5.74) is 0.566. The summed E-state index contributed by atoms with van der Waals surface area (Å²) in [5.74, 6) is -0.846. The van der Waals surface area contributed by atoms with Gasteiger partial charge in [0.1, 0.15) is 18.4 Å². The lowest BCUT2D eigenvalue weighted by molar-refractivity contribution is -0.150. The number of aliphatic hydroxyl groups is 1. The zero-order chi connectivity index (χ0) is 22.0. The van der Waals surface area contributed by atoms with E-state index in [1.165, 1.54) is 17.8 Å². The number of carbonyl (C=O) groups is 2. The molecule has 1 amide bonds. The van der Waals surface area contributed by atoms with Gasteiger partial charge in [0.05, 0.1) is 19.4 Å². The summed E-state index contributed by atoms with van der Waals surface area (Å²) in [6, 6.07) is 9.16. The van der Waals surface area contributed by atoms with Gasteiger partial charge in [0.25, 0.3) is 5.56 Å². The van der Waals surface area contributed by atoms with Crippen molar-refractivity contribution in [3.05, 3.63) is 52.6 Å². The topological polar surface area (TPSA) is 148 Å². The summed E-state index contributed by atoms with van der Waals surface area (Å²) in [6.07, 6.45) is -0.252. The van der Waals surface area contributed by atoms with Crippen molar-refractivity contribution in [2.75, 3.05) is 11.9 Å². The van der Waals surface area contributed by atoms with E-state index in [1.807, 2.05) is 30.3 Å². The minimum atomic E-state index is -0.710. The first kappa shape index (κ1) is 20.7. The van der Waals surface area contributed by atoms with E-state index in [9.17, 15) is 19.5 Å². The van der Waals surface area contributed by atoms with Gasteiger partial charge in [-0.05, 0) is 5.56 Å². The Hall–Kier alpha value is -3.57. The van der Waals surface area contributed by atoms with Crippen molar-refractivity contribution in [1.29, 1.82) is 0 Å². The number of hydrogen-bond acceptors (Lipinski definition) is 8. The molecule has 3 heterocycles. The molecular formula is C20H21N5O6. The first-order chi connectivity index (χ1) is 14.9. The molecule has 4 rings (SSSR count). The third kappa shape index (κ3) is 4.47. The Balaban J connectivity index is 1.57. The average Bonchev–Trinajstić information content (AvgIpc) is 3.32. The minimum Gasteiger partial charge on any atom is -0.460 e. The predicted molar refractivity (Wildman–Crippen MR) is 108 cm³/mol. The van der Waals surface area contributed by atoms with E-state index < -0.39 is 30.0 Å². The zero-order valence-electron chi connectivity index (χ0n) is 16.6. The van der Waals surface area contributed by atoms with Crippen molar-refractivity contribution >= 4 is 29.0 Å². The number of aromatic amines is 1. The maximum atomic E-state index is 12.4. The summed E-state index contributed by atoms with van der Waals surface area (Å²) in [7, 11) is 0. The summed E-state index contributed by atoms with van der Waals surface area (Å²) < 4.78 is 12.5. The summed E-state index contributed by atoms with van der Waals surface area (Å²) >= 11 is 0. The Labute approximate surface area is 176 Å². The Morgan fingerprint density at radius 3 is 2.84 bits per heavy atom. The standard InChI is InChI=1S/C20H21N5O6/c1-11(27)30-13-8-16(31-14(13)9-26)25-10-21-17-18(25)23-20(24-19(17)29)22-15(28)7-12-5-3-2-4-6-12/h2-6,10,13-14,16,26H,7-9H2,1H3,(H2,22,23,24,28,29)/t13-,14+,16+/m0/s1. The Morgan fingerprint density at radius 2 is 2.13 bits per heavy atom. The summed E-state index contributed by atoms with van der Waals surface area (Å²) in [5, 5.41) is 12.1. The van der Waals surface area contributed by atoms with Crippen LogP contribution in [0.25, 0.3) is 11.2 Å². The molecule has 162 valence electrons. The molecule has 2 aromatic heterocycles. The lowest BCUT2D eigenvalue weighted by atomic mass is 10.1. The van der Waals surface area contributed by atoms with Crippen molar-refractivity contribution in [1.82, 2.24) is 19.5 Å². The second kappa shape index (κ2) is 8.66. The highest BCUT2D eigenvalue weighted by Gasteiger charge is 2.38. The van der Waals surface area contributed by atoms with E-state index in [4.69, 9.17) is 9.47 Å². The number of carbonyl (C=O) groups excluding carboxylic acids is 2. The number of hydrogen-bond donors (Lipinski definition) is 3. The molecular weight excluding hydrogens is 406 g/mol. The molecule has 1 aromatic carbocycles. The van der Waals surface area contributed by atoms with E-state index in [1.54, 1.807) is 0 Å². The maximum absolute atomic E-state index is 12.4. The molecule has 1 saturated heterocycles. The van der Waals surface area contributed by atoms with Crippen LogP contribution in [0.4, 0.5) is 5.95 Å². The van der Waals surface area contributed by atoms with Crippen LogP contribution in [-0.4, -0.2) is 55.3 Å². The van der Waals surface area contributed by atoms with Crippen LogP contribution in [0.1, 0.15) is 25.1 Å². The van der Waals surface area contributed by atoms with Crippen molar-refractivity contribution < 1.29 is 24.2 Å². The van der Waals surface area contributed by atoms with Crippen LogP contribution in [0.5, 0.6) is 0 Å². The molecule has 3 N–H and O–H groups in total. The van der Waals surface area contributed by atoms with E-state index >= 15 is 0 Å². The fraction of sp³-hybridized carbons (Fsp3) is 0.350. The number of amides is 1. The fourth-order valence-corrected chi connectivity index (χ4v) is 3.53. The first-order valence-corrected chi connectivity index (χ1v) is 9.68. The first-order valence-electron chi connectivity index (χ1n) is 9.68. The van der Waals surface area contributed by atoms with E-state index in [0.717, 1.165) is 5.56 Å². The molecule has 1 aliphatic heterocycles. The number of nitrogens with one attached hydrogen (secondary N) is 2. The molecule has 0 unspecified atom stereocenters. The molecule has 3 aromatic rings. The minimum absolute atomic E-state index is 0.0200. The van der Waals surface area contributed by atoms with E-state index in [0.29, 0.717) is 0 Å². The number of aliphatic hydroxyl groups excluding tert-OH is 1.